The molecule has 1 aromatic carbocycles. The summed E-state index contributed by atoms with van der Waals surface area (Å²) in [7, 11) is 0. The SMILES string of the molecule is CCNC(C)c1ccc(OC(C#N)CC)c(Cl)c1. The van der Waals surface area contributed by atoms with Crippen LogP contribution in [0.3, 0.4) is 0 Å². The van der Waals surface area contributed by atoms with Gasteiger partial charge in [-0.3, -0.25) is 0 Å². The van der Waals surface area contributed by atoms with Crippen LogP contribution < -0.4 is 10.1 Å². The van der Waals surface area contributed by atoms with Crippen LogP contribution in [0.5, 0.6) is 5.75 Å². The van der Waals surface area contributed by atoms with Crippen LogP contribution >= 0.6 is 11.6 Å². The highest BCUT2D eigenvalue weighted by Crippen LogP contribution is 2.28. The monoisotopic (exact) mass is 266 g/mol. The summed E-state index contributed by atoms with van der Waals surface area (Å²) in [6, 6.07) is 8.02. The normalized spacial score (nSPS) is 13.7. The third-order valence-electron chi connectivity index (χ3n) is 2.75. The van der Waals surface area contributed by atoms with Crippen molar-refractivity contribution in [3.63, 3.8) is 0 Å². The van der Waals surface area contributed by atoms with Crippen LogP contribution in [-0.4, -0.2) is 12.6 Å². The highest BCUT2D eigenvalue weighted by atomic mass is 35.5. The smallest absolute Gasteiger partial charge is 0.184 e. The van der Waals surface area contributed by atoms with Crippen LogP contribution in [0, 0.1) is 11.3 Å². The lowest BCUT2D eigenvalue weighted by Crippen LogP contribution is -2.18. The molecule has 0 radical (unpaired) electrons. The van der Waals surface area contributed by atoms with Gasteiger partial charge in [-0.2, -0.15) is 5.26 Å². The fourth-order valence-electron chi connectivity index (χ4n) is 1.66. The Morgan fingerprint density at radius 1 is 1.44 bits per heavy atom. The van der Waals surface area contributed by atoms with Crippen LogP contribution in [0.2, 0.25) is 5.02 Å². The van der Waals surface area contributed by atoms with Gasteiger partial charge in [0.1, 0.15) is 11.8 Å². The average molecular weight is 267 g/mol. The van der Waals surface area contributed by atoms with Gasteiger partial charge in [-0.15, -0.1) is 0 Å². The number of nitrogens with zero attached hydrogens (tertiary/aromatic N) is 1. The van der Waals surface area contributed by atoms with Crippen LogP contribution in [0.25, 0.3) is 0 Å². The zero-order valence-electron chi connectivity index (χ0n) is 11.0. The number of benzene rings is 1. The molecule has 2 atom stereocenters. The van der Waals surface area contributed by atoms with Gasteiger partial charge in [-0.1, -0.05) is 31.5 Å². The van der Waals surface area contributed by atoms with Crippen molar-refractivity contribution in [2.75, 3.05) is 6.54 Å². The summed E-state index contributed by atoms with van der Waals surface area (Å²) in [5.41, 5.74) is 1.11. The minimum atomic E-state index is -0.445. The van der Waals surface area contributed by atoms with Crippen molar-refractivity contribution in [2.45, 2.75) is 39.3 Å². The molecule has 0 aliphatic carbocycles. The predicted molar refractivity (Wildman–Crippen MR) is 73.9 cm³/mol. The standard InChI is InChI=1S/C14H19ClN2O/c1-4-12(9-16)18-14-7-6-11(8-13(14)15)10(3)17-5-2/h6-8,10,12,17H,4-5H2,1-3H3. The fraction of sp³-hybridized carbons (Fsp3) is 0.500. The van der Waals surface area contributed by atoms with Gasteiger partial charge in [0, 0.05) is 6.04 Å². The van der Waals surface area contributed by atoms with Gasteiger partial charge in [0.25, 0.3) is 0 Å². The molecule has 4 heteroatoms. The summed E-state index contributed by atoms with van der Waals surface area (Å²) >= 11 is 6.17. The Morgan fingerprint density at radius 2 is 2.17 bits per heavy atom. The van der Waals surface area contributed by atoms with Crippen LogP contribution in [-0.2, 0) is 0 Å². The molecule has 98 valence electrons. The van der Waals surface area contributed by atoms with Crippen molar-refractivity contribution in [2.24, 2.45) is 0 Å². The van der Waals surface area contributed by atoms with E-state index in [0.717, 1.165) is 12.1 Å². The Labute approximate surface area is 114 Å². The summed E-state index contributed by atoms with van der Waals surface area (Å²) in [5, 5.41) is 12.7. The van der Waals surface area contributed by atoms with E-state index >= 15 is 0 Å². The zero-order chi connectivity index (χ0) is 13.5. The summed E-state index contributed by atoms with van der Waals surface area (Å²) in [4.78, 5) is 0. The summed E-state index contributed by atoms with van der Waals surface area (Å²) < 4.78 is 5.52. The molecule has 0 spiro atoms. The van der Waals surface area contributed by atoms with Crippen LogP contribution in [0.4, 0.5) is 0 Å². The van der Waals surface area contributed by atoms with E-state index < -0.39 is 6.10 Å². The average Bonchev–Trinajstić information content (AvgIpc) is 2.37. The maximum atomic E-state index is 8.86. The van der Waals surface area contributed by atoms with Crippen molar-refractivity contribution >= 4 is 11.6 Å². The molecule has 0 aliphatic rings. The van der Waals surface area contributed by atoms with Crippen molar-refractivity contribution in [1.29, 1.82) is 5.26 Å². The van der Waals surface area contributed by atoms with Gasteiger partial charge in [0.15, 0.2) is 6.10 Å². The first-order valence-electron chi connectivity index (χ1n) is 6.21. The number of hydrogen-bond donors (Lipinski definition) is 1. The predicted octanol–water partition coefficient (Wildman–Crippen LogP) is 3.69. The minimum absolute atomic E-state index is 0.250. The van der Waals surface area contributed by atoms with Gasteiger partial charge in [0.2, 0.25) is 0 Å². The number of nitriles is 1. The van der Waals surface area contributed by atoms with Crippen LogP contribution in [0.15, 0.2) is 18.2 Å². The van der Waals surface area contributed by atoms with Gasteiger partial charge in [0.05, 0.1) is 5.02 Å². The summed E-state index contributed by atoms with van der Waals surface area (Å²) in [6.07, 6.45) is 0.196. The quantitative estimate of drug-likeness (QED) is 0.854. The largest absolute Gasteiger partial charge is 0.474 e. The molecular weight excluding hydrogens is 248 g/mol. The first kappa shape index (κ1) is 14.8. The molecule has 18 heavy (non-hydrogen) atoms. The first-order valence-corrected chi connectivity index (χ1v) is 6.59. The van der Waals surface area contributed by atoms with Gasteiger partial charge >= 0.3 is 0 Å². The van der Waals surface area contributed by atoms with E-state index in [0.29, 0.717) is 17.2 Å². The second kappa shape index (κ2) is 7.25. The Hall–Kier alpha value is -1.24. The topological polar surface area (TPSA) is 45.0 Å². The molecule has 0 aliphatic heterocycles. The number of ether oxygens (including phenoxy) is 1. The van der Waals surface area contributed by atoms with E-state index in [1.165, 1.54) is 0 Å². The molecule has 1 N–H and O–H groups in total. The number of nitrogens with one attached hydrogen (secondary N) is 1. The Kier molecular flexibility index (Phi) is 5.97. The lowest BCUT2D eigenvalue weighted by atomic mass is 10.1. The van der Waals surface area contributed by atoms with Crippen molar-refractivity contribution in [1.82, 2.24) is 5.32 Å². The van der Waals surface area contributed by atoms with E-state index in [-0.39, 0.29) is 6.04 Å². The second-order valence-corrected chi connectivity index (χ2v) is 4.52. The minimum Gasteiger partial charge on any atom is -0.474 e. The molecule has 3 nitrogen and oxygen atoms in total. The maximum Gasteiger partial charge on any atom is 0.184 e. The number of hydrogen-bond acceptors (Lipinski definition) is 3. The lowest BCUT2D eigenvalue weighted by molar-refractivity contribution is 0.252. The van der Waals surface area contributed by atoms with Crippen molar-refractivity contribution in [3.05, 3.63) is 28.8 Å². The second-order valence-electron chi connectivity index (χ2n) is 4.11. The molecule has 2 unspecified atom stereocenters. The fourth-order valence-corrected chi connectivity index (χ4v) is 1.89. The molecular formula is C14H19ClN2O. The first-order chi connectivity index (χ1) is 8.62. The van der Waals surface area contributed by atoms with E-state index in [1.54, 1.807) is 0 Å². The number of rotatable bonds is 6. The third-order valence-corrected chi connectivity index (χ3v) is 3.05. The Morgan fingerprint density at radius 3 is 2.67 bits per heavy atom. The lowest BCUT2D eigenvalue weighted by Gasteiger charge is -2.16. The van der Waals surface area contributed by atoms with Gasteiger partial charge in [-0.05, 0) is 37.6 Å². The third kappa shape index (κ3) is 3.90. The van der Waals surface area contributed by atoms with Gasteiger partial charge < -0.3 is 10.1 Å². The van der Waals surface area contributed by atoms with E-state index in [1.807, 2.05) is 25.1 Å². The number of halogens is 1. The summed E-state index contributed by atoms with van der Waals surface area (Å²) in [6.45, 7) is 6.96. The molecule has 0 saturated carbocycles. The van der Waals surface area contributed by atoms with Crippen molar-refractivity contribution < 1.29 is 4.74 Å². The van der Waals surface area contributed by atoms with E-state index in [2.05, 4.69) is 25.2 Å². The molecule has 0 saturated heterocycles. The van der Waals surface area contributed by atoms with Crippen LogP contribution in [0.1, 0.15) is 38.8 Å². The van der Waals surface area contributed by atoms with E-state index in [9.17, 15) is 0 Å². The molecule has 0 amide bonds. The van der Waals surface area contributed by atoms with Crippen molar-refractivity contribution in [3.8, 4) is 11.8 Å². The zero-order valence-corrected chi connectivity index (χ0v) is 11.8. The van der Waals surface area contributed by atoms with E-state index in [4.69, 9.17) is 21.6 Å². The highest BCUT2D eigenvalue weighted by Gasteiger charge is 2.11. The Balaban J connectivity index is 2.83. The highest BCUT2D eigenvalue weighted by molar-refractivity contribution is 6.32. The molecule has 1 rings (SSSR count). The van der Waals surface area contributed by atoms with Gasteiger partial charge in [-0.25, -0.2) is 0 Å². The maximum absolute atomic E-state index is 8.86. The Bertz CT molecular complexity index is 428. The molecule has 1 aromatic rings. The molecule has 0 fully saturated rings. The summed E-state index contributed by atoms with van der Waals surface area (Å²) in [5.74, 6) is 0.567. The molecule has 0 bridgehead atoms. The molecule has 0 aromatic heterocycles. The molecule has 0 heterocycles.